The summed E-state index contributed by atoms with van der Waals surface area (Å²) in [4.78, 5) is 15.5. The predicted molar refractivity (Wildman–Crippen MR) is 87.7 cm³/mol. The smallest absolute Gasteiger partial charge is 0.308 e. The van der Waals surface area contributed by atoms with Gasteiger partial charge in [0, 0.05) is 17.3 Å². The first kappa shape index (κ1) is 19.0. The van der Waals surface area contributed by atoms with Gasteiger partial charge in [-0.25, -0.2) is 4.98 Å². The highest BCUT2D eigenvalue weighted by atomic mass is 19.1. The van der Waals surface area contributed by atoms with Crippen LogP contribution in [0.1, 0.15) is 50.3 Å². The largest absolute Gasteiger partial charge is 0.460 e. The van der Waals surface area contributed by atoms with Crippen molar-refractivity contribution in [2.24, 2.45) is 5.73 Å². The molecule has 136 valence electrons. The third-order valence-corrected chi connectivity index (χ3v) is 3.46. The molecule has 0 bridgehead atoms. The average Bonchev–Trinajstić information content (AvgIpc) is 2.86. The number of aliphatic hydroxyl groups excluding tert-OH is 1. The lowest BCUT2D eigenvalue weighted by Crippen LogP contribution is -2.26. The molecule has 0 aliphatic carbocycles. The van der Waals surface area contributed by atoms with Crippen LogP contribution in [0, 0.1) is 12.9 Å². The molecule has 3 N–H and O–H groups in total. The second-order valence-electron chi connectivity index (χ2n) is 6.69. The number of nitrogens with two attached hydrogens (primary N) is 1. The molecule has 25 heavy (non-hydrogen) atoms. The maximum Gasteiger partial charge on any atom is 0.308 e. The zero-order valence-electron chi connectivity index (χ0n) is 14.7. The van der Waals surface area contributed by atoms with Gasteiger partial charge in [-0.3, -0.25) is 4.79 Å². The summed E-state index contributed by atoms with van der Waals surface area (Å²) in [6.45, 7) is 6.40. The Hall–Kier alpha value is -2.32. The molecule has 0 spiro atoms. The first-order valence-corrected chi connectivity index (χ1v) is 7.82. The number of pyridine rings is 1. The van der Waals surface area contributed by atoms with Gasteiger partial charge in [0.25, 0.3) is 0 Å². The van der Waals surface area contributed by atoms with Crippen LogP contribution in [0.3, 0.4) is 0 Å². The monoisotopic (exact) mass is 351 g/mol. The van der Waals surface area contributed by atoms with Gasteiger partial charge in [-0.2, -0.15) is 4.39 Å². The van der Waals surface area contributed by atoms with Crippen molar-refractivity contribution in [1.29, 1.82) is 0 Å². The van der Waals surface area contributed by atoms with E-state index in [1.165, 1.54) is 12.3 Å². The molecule has 0 aliphatic rings. The molecular weight excluding hydrogens is 329 g/mol. The number of carbonyl (C=O) groups is 1. The van der Waals surface area contributed by atoms with Crippen LogP contribution in [0.4, 0.5) is 4.39 Å². The van der Waals surface area contributed by atoms with Gasteiger partial charge in [0.2, 0.25) is 5.95 Å². The normalized spacial score (nSPS) is 12.9. The molecule has 0 radical (unpaired) electrons. The Morgan fingerprint density at radius 3 is 2.76 bits per heavy atom. The Morgan fingerprint density at radius 1 is 1.48 bits per heavy atom. The van der Waals surface area contributed by atoms with Crippen LogP contribution in [-0.4, -0.2) is 26.8 Å². The molecule has 7 nitrogen and oxygen atoms in total. The summed E-state index contributed by atoms with van der Waals surface area (Å²) in [7, 11) is 0. The Morgan fingerprint density at radius 2 is 2.16 bits per heavy atom. The first-order valence-electron chi connectivity index (χ1n) is 7.82. The molecule has 0 aliphatic heterocycles. The average molecular weight is 351 g/mol. The van der Waals surface area contributed by atoms with Crippen LogP contribution in [0.25, 0.3) is 11.1 Å². The molecule has 1 unspecified atom stereocenters. The molecule has 0 aromatic carbocycles. The Kier molecular flexibility index (Phi) is 5.54. The number of aromatic nitrogens is 2. The topological polar surface area (TPSA) is 111 Å². The summed E-state index contributed by atoms with van der Waals surface area (Å²) in [5, 5.41) is 13.3. The van der Waals surface area contributed by atoms with E-state index < -0.39 is 30.2 Å². The van der Waals surface area contributed by atoms with Crippen molar-refractivity contribution in [3.63, 3.8) is 0 Å². The minimum absolute atomic E-state index is 0.0134. The van der Waals surface area contributed by atoms with Gasteiger partial charge in [0.05, 0.1) is 24.8 Å². The molecule has 2 heterocycles. The molecule has 2 rings (SSSR count). The van der Waals surface area contributed by atoms with Crippen LogP contribution >= 0.6 is 0 Å². The van der Waals surface area contributed by atoms with Crippen molar-refractivity contribution in [3.05, 3.63) is 35.2 Å². The molecule has 0 saturated heterocycles. The SMILES string of the molecule is Cc1noc(C(N)CC(=O)OC(C)(C)C)c1-c1ccnc(F)c1CO. The molecule has 0 amide bonds. The Labute approximate surface area is 145 Å². The summed E-state index contributed by atoms with van der Waals surface area (Å²) in [6.07, 6.45) is 1.15. The minimum atomic E-state index is -0.825. The van der Waals surface area contributed by atoms with Crippen molar-refractivity contribution < 1.29 is 23.6 Å². The zero-order valence-corrected chi connectivity index (χ0v) is 14.7. The van der Waals surface area contributed by atoms with E-state index in [2.05, 4.69) is 10.1 Å². The van der Waals surface area contributed by atoms with Gasteiger partial charge < -0.3 is 20.1 Å². The first-order chi connectivity index (χ1) is 11.6. The molecule has 8 heteroatoms. The summed E-state index contributed by atoms with van der Waals surface area (Å²) >= 11 is 0. The summed E-state index contributed by atoms with van der Waals surface area (Å²) < 4.78 is 24.4. The number of carbonyl (C=O) groups excluding carboxylic acids is 1. The third kappa shape index (κ3) is 4.40. The van der Waals surface area contributed by atoms with Gasteiger partial charge in [0.1, 0.15) is 5.60 Å². The molecule has 1 atom stereocenters. The van der Waals surface area contributed by atoms with Gasteiger partial charge in [-0.05, 0) is 39.3 Å². The molecule has 0 saturated carbocycles. The lowest BCUT2D eigenvalue weighted by atomic mass is 9.96. The summed E-state index contributed by atoms with van der Waals surface area (Å²) in [6, 6.07) is 0.714. The van der Waals surface area contributed by atoms with Gasteiger partial charge in [0.15, 0.2) is 5.76 Å². The van der Waals surface area contributed by atoms with E-state index in [1.54, 1.807) is 27.7 Å². The Balaban J connectivity index is 2.37. The lowest BCUT2D eigenvalue weighted by molar-refractivity contribution is -0.155. The molecular formula is C17H22FN3O4. The van der Waals surface area contributed by atoms with Crippen LogP contribution in [-0.2, 0) is 16.1 Å². The highest BCUT2D eigenvalue weighted by Crippen LogP contribution is 2.34. The Bertz CT molecular complexity index is 768. The highest BCUT2D eigenvalue weighted by molar-refractivity contribution is 5.74. The lowest BCUT2D eigenvalue weighted by Gasteiger charge is -2.20. The number of esters is 1. The van der Waals surface area contributed by atoms with Crippen molar-refractivity contribution in [1.82, 2.24) is 10.1 Å². The fourth-order valence-corrected chi connectivity index (χ4v) is 2.47. The van der Waals surface area contributed by atoms with E-state index in [9.17, 15) is 14.3 Å². The summed E-state index contributed by atoms with van der Waals surface area (Å²) in [5.41, 5.74) is 6.76. The van der Waals surface area contributed by atoms with Crippen molar-refractivity contribution >= 4 is 5.97 Å². The molecule has 2 aromatic rings. The highest BCUT2D eigenvalue weighted by Gasteiger charge is 2.27. The minimum Gasteiger partial charge on any atom is -0.460 e. The molecule has 2 aromatic heterocycles. The standard InChI is InChI=1S/C17H22FN3O4/c1-9-14(10-5-6-20-16(18)11(10)8-22)15(25-21-9)12(19)7-13(23)24-17(2,3)4/h5-6,12,22H,7-8,19H2,1-4H3. The van der Waals surface area contributed by atoms with E-state index in [1.807, 2.05) is 0 Å². The maximum atomic E-state index is 13.9. The van der Waals surface area contributed by atoms with Crippen LogP contribution in [0.15, 0.2) is 16.8 Å². The van der Waals surface area contributed by atoms with E-state index in [0.29, 0.717) is 16.8 Å². The number of aryl methyl sites for hydroxylation is 1. The number of hydrogen-bond donors (Lipinski definition) is 2. The quantitative estimate of drug-likeness (QED) is 0.628. The predicted octanol–water partition coefficient (Wildman–Crippen LogP) is 2.41. The third-order valence-electron chi connectivity index (χ3n) is 3.46. The van der Waals surface area contributed by atoms with Crippen molar-refractivity contribution in [2.45, 2.75) is 52.4 Å². The van der Waals surface area contributed by atoms with Gasteiger partial charge in [-0.15, -0.1) is 0 Å². The fraction of sp³-hybridized carbons (Fsp3) is 0.471. The van der Waals surface area contributed by atoms with Crippen LogP contribution in [0.2, 0.25) is 0 Å². The zero-order chi connectivity index (χ0) is 18.8. The number of aliphatic hydroxyl groups is 1. The van der Waals surface area contributed by atoms with Crippen LogP contribution in [0.5, 0.6) is 0 Å². The second-order valence-corrected chi connectivity index (χ2v) is 6.69. The van der Waals surface area contributed by atoms with Crippen molar-refractivity contribution in [3.8, 4) is 11.1 Å². The molecule has 0 fully saturated rings. The summed E-state index contributed by atoms with van der Waals surface area (Å²) in [5.74, 6) is -1.04. The fourth-order valence-electron chi connectivity index (χ4n) is 2.47. The number of rotatable bonds is 5. The van der Waals surface area contributed by atoms with Crippen LogP contribution < -0.4 is 5.73 Å². The number of hydrogen-bond acceptors (Lipinski definition) is 7. The van der Waals surface area contributed by atoms with E-state index in [0.717, 1.165) is 0 Å². The van der Waals surface area contributed by atoms with E-state index in [4.69, 9.17) is 15.0 Å². The second kappa shape index (κ2) is 7.28. The van der Waals surface area contributed by atoms with E-state index in [-0.39, 0.29) is 17.7 Å². The van der Waals surface area contributed by atoms with Crippen molar-refractivity contribution in [2.75, 3.05) is 0 Å². The number of halogens is 1. The maximum absolute atomic E-state index is 13.9. The van der Waals surface area contributed by atoms with E-state index >= 15 is 0 Å². The van der Waals surface area contributed by atoms with Gasteiger partial charge in [-0.1, -0.05) is 5.16 Å². The number of nitrogens with zero attached hydrogens (tertiary/aromatic N) is 2. The van der Waals surface area contributed by atoms with Gasteiger partial charge >= 0.3 is 5.97 Å². The number of ether oxygens (including phenoxy) is 1.